The lowest BCUT2D eigenvalue weighted by Crippen LogP contribution is -2.46. The minimum absolute atomic E-state index is 0.0874. The highest BCUT2D eigenvalue weighted by atomic mass is 16.4. The van der Waals surface area contributed by atoms with Gasteiger partial charge in [-0.2, -0.15) is 15.4 Å². The van der Waals surface area contributed by atoms with Gasteiger partial charge in [-0.05, 0) is 30.0 Å². The molecule has 1 amide bonds. The van der Waals surface area contributed by atoms with Crippen molar-refractivity contribution in [2.45, 2.75) is 31.4 Å². The lowest BCUT2D eigenvalue weighted by Gasteiger charge is -2.26. The number of carboxylic acids is 1. The molecule has 0 bridgehead atoms. The Kier molecular flexibility index (Phi) is 6.04. The summed E-state index contributed by atoms with van der Waals surface area (Å²) in [6, 6.07) is 17.1. The largest absolute Gasteiger partial charge is 0.479 e. The zero-order valence-electron chi connectivity index (χ0n) is 15.9. The summed E-state index contributed by atoms with van der Waals surface area (Å²) in [7, 11) is 0. The average Bonchev–Trinajstić information content (AvgIpc) is 3.24. The molecule has 0 radical (unpaired) electrons. The van der Waals surface area contributed by atoms with E-state index in [1.54, 1.807) is 0 Å². The van der Waals surface area contributed by atoms with Crippen LogP contribution in [-0.2, 0) is 11.2 Å². The Hall–Kier alpha value is -3.52. The first-order valence-corrected chi connectivity index (χ1v) is 9.12. The molecule has 0 saturated carbocycles. The third kappa shape index (κ3) is 5.26. The number of H-pyrrole nitrogens is 1. The number of nitrogens with one attached hydrogen (secondary N) is 2. The van der Waals surface area contributed by atoms with Crippen molar-refractivity contribution in [2.24, 2.45) is 0 Å². The number of aliphatic carboxylic acids is 1. The molecule has 0 spiro atoms. The third-order valence-electron chi connectivity index (χ3n) is 4.63. The summed E-state index contributed by atoms with van der Waals surface area (Å²) < 4.78 is 0. The van der Waals surface area contributed by atoms with Gasteiger partial charge in [0.25, 0.3) is 5.91 Å². The minimum atomic E-state index is -1.98. The fraction of sp³-hybridized carbons (Fsp3) is 0.238. The smallest absolute Gasteiger partial charge is 0.335 e. The number of aromatic amines is 1. The topological polar surface area (TPSA) is 128 Å². The molecule has 8 nitrogen and oxygen atoms in total. The molecule has 8 heteroatoms. The zero-order valence-corrected chi connectivity index (χ0v) is 15.9. The number of hydrogen-bond acceptors (Lipinski definition) is 5. The zero-order chi connectivity index (χ0) is 20.9. The molecule has 0 aliphatic heterocycles. The molecule has 0 fully saturated rings. The standard InChI is InChI=1S/C21H22N4O4/c1-21(29,20(27)28)12-17(23-19(26)18-13-22-25-24-18)11-14-7-9-16(10-8-14)15-5-3-2-4-6-15/h2-10,13,17,29H,11-12H2,1H3,(H,23,26)(H,27,28)(H,22,24,25)/t17-,21+/m1/s1. The summed E-state index contributed by atoms with van der Waals surface area (Å²) in [5.41, 5.74) is 1.14. The van der Waals surface area contributed by atoms with Crippen molar-refractivity contribution < 1.29 is 19.8 Å². The number of carbonyl (C=O) groups is 2. The molecule has 0 unspecified atom stereocenters. The van der Waals surface area contributed by atoms with E-state index >= 15 is 0 Å². The van der Waals surface area contributed by atoms with Crippen LogP contribution < -0.4 is 5.32 Å². The van der Waals surface area contributed by atoms with E-state index in [2.05, 4.69) is 20.7 Å². The van der Waals surface area contributed by atoms with Crippen LogP contribution in [0.25, 0.3) is 11.1 Å². The first kappa shape index (κ1) is 20.2. The number of hydrogen-bond donors (Lipinski definition) is 4. The van der Waals surface area contributed by atoms with Crippen molar-refractivity contribution in [3.63, 3.8) is 0 Å². The lowest BCUT2D eigenvalue weighted by molar-refractivity contribution is -0.157. The van der Waals surface area contributed by atoms with Crippen LogP contribution in [0, 0.1) is 0 Å². The van der Waals surface area contributed by atoms with Crippen LogP contribution in [-0.4, -0.2) is 49.1 Å². The minimum Gasteiger partial charge on any atom is -0.479 e. The first-order chi connectivity index (χ1) is 13.8. The van der Waals surface area contributed by atoms with Crippen LogP contribution in [0.3, 0.4) is 0 Å². The molecule has 3 rings (SSSR count). The number of aromatic nitrogens is 3. The maximum atomic E-state index is 12.3. The predicted octanol–water partition coefficient (Wildman–Crippen LogP) is 2.04. The van der Waals surface area contributed by atoms with E-state index in [-0.39, 0.29) is 12.1 Å². The Morgan fingerprint density at radius 1 is 1.10 bits per heavy atom. The highest BCUT2D eigenvalue weighted by Crippen LogP contribution is 2.21. The number of carbonyl (C=O) groups excluding carboxylic acids is 1. The van der Waals surface area contributed by atoms with Gasteiger partial charge in [-0.15, -0.1) is 0 Å². The molecular weight excluding hydrogens is 372 g/mol. The molecule has 1 aromatic heterocycles. The van der Waals surface area contributed by atoms with Crippen molar-refractivity contribution in [1.29, 1.82) is 0 Å². The summed E-state index contributed by atoms with van der Waals surface area (Å²) in [4.78, 5) is 23.7. The molecule has 0 saturated heterocycles. The summed E-state index contributed by atoms with van der Waals surface area (Å²) in [6.07, 6.45) is 1.46. The van der Waals surface area contributed by atoms with Crippen molar-refractivity contribution >= 4 is 11.9 Å². The summed E-state index contributed by atoms with van der Waals surface area (Å²) >= 11 is 0. The van der Waals surface area contributed by atoms with E-state index in [0.29, 0.717) is 6.42 Å². The molecule has 2 aromatic carbocycles. The molecule has 2 atom stereocenters. The monoisotopic (exact) mass is 394 g/mol. The lowest BCUT2D eigenvalue weighted by atomic mass is 9.92. The molecule has 150 valence electrons. The Labute approximate surface area is 167 Å². The molecule has 29 heavy (non-hydrogen) atoms. The first-order valence-electron chi connectivity index (χ1n) is 9.12. The number of amides is 1. The average molecular weight is 394 g/mol. The second kappa shape index (κ2) is 8.66. The SMILES string of the molecule is C[C@](O)(C[C@@H](Cc1ccc(-c2ccccc2)cc1)NC(=O)c1cn[nH]n1)C(=O)O. The van der Waals surface area contributed by atoms with Gasteiger partial charge in [0, 0.05) is 12.5 Å². The van der Waals surface area contributed by atoms with E-state index in [9.17, 15) is 19.8 Å². The molecule has 0 aliphatic carbocycles. The molecule has 3 aromatic rings. The Balaban J connectivity index is 1.76. The van der Waals surface area contributed by atoms with E-state index in [1.165, 1.54) is 13.1 Å². The van der Waals surface area contributed by atoms with Crippen LogP contribution in [0.2, 0.25) is 0 Å². The Morgan fingerprint density at radius 3 is 2.34 bits per heavy atom. The second-order valence-corrected chi connectivity index (χ2v) is 7.08. The van der Waals surface area contributed by atoms with Gasteiger partial charge < -0.3 is 15.5 Å². The van der Waals surface area contributed by atoms with Gasteiger partial charge >= 0.3 is 5.97 Å². The van der Waals surface area contributed by atoms with Crippen molar-refractivity contribution in [1.82, 2.24) is 20.7 Å². The van der Waals surface area contributed by atoms with Crippen LogP contribution in [0.4, 0.5) is 0 Å². The van der Waals surface area contributed by atoms with E-state index in [4.69, 9.17) is 0 Å². The molecule has 1 heterocycles. The van der Waals surface area contributed by atoms with Crippen LogP contribution in [0.5, 0.6) is 0 Å². The number of nitrogens with zero attached hydrogens (tertiary/aromatic N) is 2. The Morgan fingerprint density at radius 2 is 1.76 bits per heavy atom. The maximum absolute atomic E-state index is 12.3. The fourth-order valence-corrected chi connectivity index (χ4v) is 3.06. The Bertz CT molecular complexity index is 954. The van der Waals surface area contributed by atoms with Gasteiger partial charge in [0.15, 0.2) is 11.3 Å². The van der Waals surface area contributed by atoms with Gasteiger partial charge in [0.2, 0.25) is 0 Å². The molecule has 0 aliphatic rings. The van der Waals surface area contributed by atoms with E-state index in [1.807, 2.05) is 54.6 Å². The summed E-state index contributed by atoms with van der Waals surface area (Å²) in [5, 5.41) is 31.9. The number of benzene rings is 2. The van der Waals surface area contributed by atoms with Crippen molar-refractivity contribution in [3.8, 4) is 11.1 Å². The number of carboxylic acid groups (broad SMARTS) is 1. The number of rotatable bonds is 8. The predicted molar refractivity (Wildman–Crippen MR) is 106 cm³/mol. The summed E-state index contributed by atoms with van der Waals surface area (Å²) in [6.45, 7) is 1.21. The van der Waals surface area contributed by atoms with Gasteiger partial charge in [-0.1, -0.05) is 54.6 Å². The van der Waals surface area contributed by atoms with Crippen molar-refractivity contribution in [3.05, 3.63) is 72.1 Å². The quantitative estimate of drug-likeness (QED) is 0.463. The molecule has 4 N–H and O–H groups in total. The highest BCUT2D eigenvalue weighted by molar-refractivity contribution is 5.92. The van der Waals surface area contributed by atoms with E-state index < -0.39 is 23.5 Å². The van der Waals surface area contributed by atoms with Crippen molar-refractivity contribution in [2.75, 3.05) is 0 Å². The highest BCUT2D eigenvalue weighted by Gasteiger charge is 2.34. The molecular formula is C21H22N4O4. The fourth-order valence-electron chi connectivity index (χ4n) is 3.06. The van der Waals surface area contributed by atoms with Crippen LogP contribution >= 0.6 is 0 Å². The van der Waals surface area contributed by atoms with E-state index in [0.717, 1.165) is 16.7 Å². The van der Waals surface area contributed by atoms with Gasteiger partial charge in [-0.3, -0.25) is 4.79 Å². The second-order valence-electron chi connectivity index (χ2n) is 7.08. The maximum Gasteiger partial charge on any atom is 0.335 e. The van der Waals surface area contributed by atoms with Crippen LogP contribution in [0.1, 0.15) is 29.4 Å². The van der Waals surface area contributed by atoms with Gasteiger partial charge in [0.05, 0.1) is 6.20 Å². The summed E-state index contributed by atoms with van der Waals surface area (Å²) in [5.74, 6) is -1.84. The number of aliphatic hydroxyl groups is 1. The van der Waals surface area contributed by atoms with Gasteiger partial charge in [0.1, 0.15) is 0 Å². The third-order valence-corrected chi connectivity index (χ3v) is 4.63. The van der Waals surface area contributed by atoms with Gasteiger partial charge in [-0.25, -0.2) is 4.79 Å². The normalized spacial score (nSPS) is 14.0. The van der Waals surface area contributed by atoms with Crippen LogP contribution in [0.15, 0.2) is 60.8 Å².